The first-order chi connectivity index (χ1) is 10.8. The van der Waals surface area contributed by atoms with Crippen LogP contribution in [0.4, 0.5) is 4.79 Å². The molecule has 5 atom stereocenters. The summed E-state index contributed by atoms with van der Waals surface area (Å²) < 4.78 is 5.54. The van der Waals surface area contributed by atoms with Gasteiger partial charge in [-0.2, -0.15) is 0 Å². The van der Waals surface area contributed by atoms with E-state index in [-0.39, 0.29) is 6.09 Å². The highest BCUT2D eigenvalue weighted by Gasteiger charge is 2.47. The van der Waals surface area contributed by atoms with E-state index in [1.165, 1.54) is 25.8 Å². The number of hydrogen-bond acceptors (Lipinski definition) is 3. The molecule has 0 aromatic carbocycles. The molecule has 3 aliphatic rings. The minimum Gasteiger partial charge on any atom is -0.444 e. The molecule has 23 heavy (non-hydrogen) atoms. The van der Waals surface area contributed by atoms with Crippen molar-refractivity contribution in [1.82, 2.24) is 9.80 Å². The van der Waals surface area contributed by atoms with Crippen molar-refractivity contribution in [3.05, 3.63) is 0 Å². The summed E-state index contributed by atoms with van der Waals surface area (Å²) in [5.41, 5.74) is -0.403. The van der Waals surface area contributed by atoms with Crippen molar-refractivity contribution in [1.29, 1.82) is 0 Å². The monoisotopic (exact) mass is 322 g/mol. The van der Waals surface area contributed by atoms with E-state index in [2.05, 4.69) is 18.7 Å². The largest absolute Gasteiger partial charge is 0.444 e. The molecule has 2 saturated heterocycles. The lowest BCUT2D eigenvalue weighted by molar-refractivity contribution is 0.00101. The number of carbonyl (C=O) groups is 1. The Kier molecular flexibility index (Phi) is 4.65. The molecule has 4 unspecified atom stereocenters. The van der Waals surface area contributed by atoms with Crippen molar-refractivity contribution >= 4 is 6.09 Å². The van der Waals surface area contributed by atoms with Gasteiger partial charge in [0.1, 0.15) is 5.60 Å². The lowest BCUT2D eigenvalue weighted by Crippen LogP contribution is -2.53. The van der Waals surface area contributed by atoms with Crippen LogP contribution in [-0.4, -0.2) is 53.2 Å². The Labute approximate surface area is 141 Å². The second-order valence-electron chi connectivity index (χ2n) is 9.08. The zero-order chi connectivity index (χ0) is 16.8. The number of piperidine rings is 1. The van der Waals surface area contributed by atoms with E-state index >= 15 is 0 Å². The number of carbonyl (C=O) groups excluding carboxylic acids is 1. The number of nitrogens with zero attached hydrogens (tertiary/aromatic N) is 2. The molecule has 0 spiro atoms. The second-order valence-corrected chi connectivity index (χ2v) is 9.08. The Morgan fingerprint density at radius 1 is 1.04 bits per heavy atom. The van der Waals surface area contributed by atoms with Crippen LogP contribution < -0.4 is 0 Å². The van der Waals surface area contributed by atoms with E-state index in [4.69, 9.17) is 4.74 Å². The van der Waals surface area contributed by atoms with Crippen molar-refractivity contribution < 1.29 is 9.53 Å². The molecule has 1 amide bonds. The standard InChI is InChI=1S/C19H34N2O2/c1-13-11-15(13)17-7-6-9-21(17)16-8-10-20(12-14(16)2)18(22)23-19(3,4)5/h13-17H,6-12H2,1-5H3/t13?,14?,15?,16?,17-/m0/s1. The fourth-order valence-corrected chi connectivity index (χ4v) is 4.69. The summed E-state index contributed by atoms with van der Waals surface area (Å²) in [5, 5.41) is 0. The summed E-state index contributed by atoms with van der Waals surface area (Å²) in [6.45, 7) is 13.5. The molecule has 4 nitrogen and oxygen atoms in total. The molecule has 2 heterocycles. The zero-order valence-electron chi connectivity index (χ0n) is 15.5. The molecule has 1 aliphatic carbocycles. The van der Waals surface area contributed by atoms with E-state index in [1.54, 1.807) is 0 Å². The minimum absolute atomic E-state index is 0.142. The van der Waals surface area contributed by atoms with Gasteiger partial charge in [-0.15, -0.1) is 0 Å². The van der Waals surface area contributed by atoms with Crippen LogP contribution in [0.1, 0.15) is 60.3 Å². The molecule has 2 aliphatic heterocycles. The van der Waals surface area contributed by atoms with Gasteiger partial charge in [0, 0.05) is 25.2 Å². The number of likely N-dealkylation sites (tertiary alicyclic amines) is 2. The van der Waals surface area contributed by atoms with Gasteiger partial charge < -0.3 is 9.64 Å². The van der Waals surface area contributed by atoms with Gasteiger partial charge in [-0.25, -0.2) is 4.79 Å². The predicted molar refractivity (Wildman–Crippen MR) is 92.4 cm³/mol. The quantitative estimate of drug-likeness (QED) is 0.776. The summed E-state index contributed by atoms with van der Waals surface area (Å²) in [6, 6.07) is 1.46. The van der Waals surface area contributed by atoms with E-state index in [9.17, 15) is 4.79 Å². The van der Waals surface area contributed by atoms with E-state index in [1.807, 2.05) is 25.7 Å². The van der Waals surface area contributed by atoms with Crippen LogP contribution in [0, 0.1) is 17.8 Å². The molecular weight excluding hydrogens is 288 g/mol. The smallest absolute Gasteiger partial charge is 0.410 e. The van der Waals surface area contributed by atoms with E-state index in [0.717, 1.165) is 37.4 Å². The summed E-state index contributed by atoms with van der Waals surface area (Å²) >= 11 is 0. The second kappa shape index (κ2) is 6.27. The van der Waals surface area contributed by atoms with Gasteiger partial charge in [-0.1, -0.05) is 13.8 Å². The zero-order valence-corrected chi connectivity index (χ0v) is 15.5. The normalized spacial score (nSPS) is 38.7. The lowest BCUT2D eigenvalue weighted by Gasteiger charge is -2.43. The third-order valence-electron chi connectivity index (χ3n) is 5.95. The molecule has 0 radical (unpaired) electrons. The summed E-state index contributed by atoms with van der Waals surface area (Å²) in [4.78, 5) is 17.0. The van der Waals surface area contributed by atoms with Gasteiger partial charge >= 0.3 is 6.09 Å². The van der Waals surface area contributed by atoms with Crippen molar-refractivity contribution in [3.8, 4) is 0 Å². The van der Waals surface area contributed by atoms with Crippen LogP contribution in [0.5, 0.6) is 0 Å². The average molecular weight is 322 g/mol. The van der Waals surface area contributed by atoms with Crippen LogP contribution in [-0.2, 0) is 4.74 Å². The lowest BCUT2D eigenvalue weighted by atomic mass is 9.91. The summed E-state index contributed by atoms with van der Waals surface area (Å²) in [7, 11) is 0. The van der Waals surface area contributed by atoms with Crippen LogP contribution in [0.25, 0.3) is 0 Å². The summed E-state index contributed by atoms with van der Waals surface area (Å²) in [6.07, 6.45) is 5.11. The Morgan fingerprint density at radius 3 is 2.30 bits per heavy atom. The third kappa shape index (κ3) is 3.84. The van der Waals surface area contributed by atoms with Gasteiger partial charge in [0.05, 0.1) is 0 Å². The number of ether oxygens (including phenoxy) is 1. The molecule has 0 aromatic heterocycles. The highest BCUT2D eigenvalue weighted by molar-refractivity contribution is 5.68. The SMILES string of the molecule is CC1CC1[C@@H]1CCCN1C1CCN(C(=O)OC(C)(C)C)CC1C. The molecule has 3 fully saturated rings. The topological polar surface area (TPSA) is 32.8 Å². The maximum absolute atomic E-state index is 12.3. The van der Waals surface area contributed by atoms with Gasteiger partial charge in [-0.05, 0) is 70.8 Å². The van der Waals surface area contributed by atoms with Gasteiger partial charge in [0.2, 0.25) is 0 Å². The van der Waals surface area contributed by atoms with Gasteiger partial charge in [0.15, 0.2) is 0 Å². The van der Waals surface area contributed by atoms with Crippen LogP contribution >= 0.6 is 0 Å². The number of amides is 1. The van der Waals surface area contributed by atoms with E-state index < -0.39 is 5.60 Å². The molecule has 1 saturated carbocycles. The average Bonchev–Trinajstić information content (AvgIpc) is 2.98. The molecule has 0 N–H and O–H groups in total. The Bertz CT molecular complexity index is 445. The molecule has 4 heteroatoms. The van der Waals surface area contributed by atoms with Gasteiger partial charge in [0.25, 0.3) is 0 Å². The van der Waals surface area contributed by atoms with Gasteiger partial charge in [-0.3, -0.25) is 4.90 Å². The first kappa shape index (κ1) is 17.1. The Hall–Kier alpha value is -0.770. The first-order valence-corrected chi connectivity index (χ1v) is 9.50. The first-order valence-electron chi connectivity index (χ1n) is 9.50. The highest BCUT2D eigenvalue weighted by atomic mass is 16.6. The maximum atomic E-state index is 12.3. The Morgan fingerprint density at radius 2 is 1.74 bits per heavy atom. The molecule has 0 aromatic rings. The molecule has 132 valence electrons. The van der Waals surface area contributed by atoms with Crippen LogP contribution in [0.15, 0.2) is 0 Å². The minimum atomic E-state index is -0.403. The molecule has 3 rings (SSSR count). The predicted octanol–water partition coefficient (Wildman–Crippen LogP) is 3.75. The Balaban J connectivity index is 1.57. The van der Waals surface area contributed by atoms with Crippen molar-refractivity contribution in [2.45, 2.75) is 78.0 Å². The number of rotatable bonds is 2. The van der Waals surface area contributed by atoms with Crippen molar-refractivity contribution in [2.75, 3.05) is 19.6 Å². The third-order valence-corrected chi connectivity index (χ3v) is 5.95. The molecule has 0 bridgehead atoms. The van der Waals surface area contributed by atoms with Crippen LogP contribution in [0.3, 0.4) is 0 Å². The van der Waals surface area contributed by atoms with Crippen molar-refractivity contribution in [2.24, 2.45) is 17.8 Å². The highest BCUT2D eigenvalue weighted by Crippen LogP contribution is 2.47. The maximum Gasteiger partial charge on any atom is 0.410 e. The van der Waals surface area contributed by atoms with E-state index in [0.29, 0.717) is 12.0 Å². The molecular formula is C19H34N2O2. The van der Waals surface area contributed by atoms with Crippen molar-refractivity contribution in [3.63, 3.8) is 0 Å². The fourth-order valence-electron chi connectivity index (χ4n) is 4.69. The number of hydrogen-bond donors (Lipinski definition) is 0. The van der Waals surface area contributed by atoms with Crippen LogP contribution in [0.2, 0.25) is 0 Å². The summed E-state index contributed by atoms with van der Waals surface area (Å²) in [5.74, 6) is 2.40. The fraction of sp³-hybridized carbons (Fsp3) is 0.947.